The maximum Gasteiger partial charge on any atom is 0.326 e. The number of nitrogens with zero attached hydrogens (tertiary/aromatic N) is 2. The van der Waals surface area contributed by atoms with Crippen LogP contribution >= 0.6 is 0 Å². The number of ether oxygens (including phenoxy) is 1. The summed E-state index contributed by atoms with van der Waals surface area (Å²) >= 11 is 0. The molecule has 2 saturated heterocycles. The molecule has 0 amide bonds. The molecule has 2 fully saturated rings. The number of aromatic hydroxyl groups is 1. The van der Waals surface area contributed by atoms with Crippen LogP contribution in [0.5, 0.6) is 5.75 Å². The number of carbonyl (C=O) groups is 1. The fourth-order valence-electron chi connectivity index (χ4n) is 3.13. The average molecular weight is 262 g/mol. The second kappa shape index (κ2) is 4.49. The van der Waals surface area contributed by atoms with Gasteiger partial charge in [0.25, 0.3) is 0 Å². The van der Waals surface area contributed by atoms with Gasteiger partial charge in [0.05, 0.1) is 12.3 Å². The topological polar surface area (TPSA) is 62.7 Å². The van der Waals surface area contributed by atoms with E-state index in [9.17, 15) is 9.90 Å². The van der Waals surface area contributed by atoms with E-state index in [0.717, 1.165) is 31.5 Å². The van der Waals surface area contributed by atoms with Crippen molar-refractivity contribution in [3.8, 4) is 5.75 Å². The van der Waals surface area contributed by atoms with Crippen molar-refractivity contribution in [2.45, 2.75) is 38.3 Å². The van der Waals surface area contributed by atoms with Gasteiger partial charge in [-0.05, 0) is 38.4 Å². The average Bonchev–Trinajstić information content (AvgIpc) is 2.94. The molecule has 5 heteroatoms. The molecule has 1 aromatic rings. The lowest BCUT2D eigenvalue weighted by Gasteiger charge is -2.30. The van der Waals surface area contributed by atoms with Gasteiger partial charge < -0.3 is 9.84 Å². The van der Waals surface area contributed by atoms with Crippen molar-refractivity contribution in [2.24, 2.45) is 0 Å². The van der Waals surface area contributed by atoms with E-state index in [1.807, 2.05) is 6.92 Å². The Hall–Kier alpha value is -1.62. The lowest BCUT2D eigenvalue weighted by molar-refractivity contribution is -0.147. The Morgan fingerprint density at radius 2 is 2.32 bits per heavy atom. The van der Waals surface area contributed by atoms with Crippen LogP contribution in [-0.2, 0) is 16.1 Å². The zero-order chi connectivity index (χ0) is 13.5. The minimum Gasteiger partial charge on any atom is -0.506 e. The lowest BCUT2D eigenvalue weighted by atomic mass is 9.94. The second-order valence-electron chi connectivity index (χ2n) is 5.36. The third-order valence-corrected chi connectivity index (χ3v) is 4.18. The predicted octanol–water partition coefficient (Wildman–Crippen LogP) is 1.38. The monoisotopic (exact) mass is 262 g/mol. The largest absolute Gasteiger partial charge is 0.506 e. The summed E-state index contributed by atoms with van der Waals surface area (Å²) in [5.41, 5.74) is 1.04. The van der Waals surface area contributed by atoms with Crippen LogP contribution in [0.1, 0.15) is 30.7 Å². The maximum absolute atomic E-state index is 12.0. The van der Waals surface area contributed by atoms with Gasteiger partial charge in [-0.25, -0.2) is 0 Å². The van der Waals surface area contributed by atoms with Gasteiger partial charge in [0.1, 0.15) is 11.3 Å². The predicted molar refractivity (Wildman–Crippen MR) is 68.6 cm³/mol. The SMILES string of the molecule is Cc1ccc(O)c(CN2CCCC23CCOC3=O)n1. The number of aromatic nitrogens is 1. The summed E-state index contributed by atoms with van der Waals surface area (Å²) in [5.74, 6) is 0.0798. The number of cyclic esters (lactones) is 1. The van der Waals surface area contributed by atoms with E-state index in [1.165, 1.54) is 0 Å². The van der Waals surface area contributed by atoms with Crippen molar-refractivity contribution in [1.29, 1.82) is 0 Å². The van der Waals surface area contributed by atoms with Crippen LogP contribution in [0.3, 0.4) is 0 Å². The molecule has 3 rings (SSSR count). The van der Waals surface area contributed by atoms with Crippen molar-refractivity contribution in [3.63, 3.8) is 0 Å². The fraction of sp³-hybridized carbons (Fsp3) is 0.571. The standard InChI is InChI=1S/C14H18N2O3/c1-10-3-4-12(17)11(15-10)9-16-7-2-5-14(16)6-8-19-13(14)18/h3-4,17H,2,5-9H2,1H3. The van der Waals surface area contributed by atoms with Gasteiger partial charge in [-0.15, -0.1) is 0 Å². The van der Waals surface area contributed by atoms with Gasteiger partial charge >= 0.3 is 5.97 Å². The number of hydrogen-bond acceptors (Lipinski definition) is 5. The highest BCUT2D eigenvalue weighted by molar-refractivity contribution is 5.83. The van der Waals surface area contributed by atoms with E-state index in [4.69, 9.17) is 4.74 Å². The maximum atomic E-state index is 12.0. The van der Waals surface area contributed by atoms with Crippen molar-refractivity contribution in [1.82, 2.24) is 9.88 Å². The van der Waals surface area contributed by atoms with E-state index in [1.54, 1.807) is 12.1 Å². The highest BCUT2D eigenvalue weighted by Gasteiger charge is 2.51. The molecule has 5 nitrogen and oxygen atoms in total. The van der Waals surface area contributed by atoms with Crippen molar-refractivity contribution < 1.29 is 14.6 Å². The zero-order valence-electron chi connectivity index (χ0n) is 11.1. The third-order valence-electron chi connectivity index (χ3n) is 4.18. The van der Waals surface area contributed by atoms with E-state index < -0.39 is 5.54 Å². The summed E-state index contributed by atoms with van der Waals surface area (Å²) in [6.07, 6.45) is 2.58. The Labute approximate surface area is 112 Å². The fourth-order valence-corrected chi connectivity index (χ4v) is 3.13. The first kappa shape index (κ1) is 12.4. The first-order chi connectivity index (χ1) is 9.12. The molecule has 1 spiro atoms. The minimum absolute atomic E-state index is 0.114. The highest BCUT2D eigenvalue weighted by Crippen LogP contribution is 2.38. The van der Waals surface area contributed by atoms with Crippen LogP contribution in [-0.4, -0.2) is 39.7 Å². The van der Waals surface area contributed by atoms with Crippen LogP contribution in [0.15, 0.2) is 12.1 Å². The normalized spacial score (nSPS) is 27.1. The summed E-state index contributed by atoms with van der Waals surface area (Å²) in [4.78, 5) is 18.5. The van der Waals surface area contributed by atoms with Crippen molar-refractivity contribution in [3.05, 3.63) is 23.5 Å². The Kier molecular flexibility index (Phi) is 2.93. The number of hydrogen-bond donors (Lipinski definition) is 1. The molecule has 2 aliphatic rings. The van der Waals surface area contributed by atoms with Gasteiger partial charge in [-0.3, -0.25) is 14.7 Å². The number of likely N-dealkylation sites (tertiary alicyclic amines) is 1. The van der Waals surface area contributed by atoms with Gasteiger partial charge in [0.15, 0.2) is 0 Å². The Morgan fingerprint density at radius 3 is 3.05 bits per heavy atom. The Bertz CT molecular complexity index is 513. The smallest absolute Gasteiger partial charge is 0.326 e. The second-order valence-corrected chi connectivity index (χ2v) is 5.36. The van der Waals surface area contributed by atoms with E-state index in [0.29, 0.717) is 18.8 Å². The molecule has 102 valence electrons. The van der Waals surface area contributed by atoms with Gasteiger partial charge in [0, 0.05) is 18.7 Å². The summed E-state index contributed by atoms with van der Waals surface area (Å²) < 4.78 is 5.15. The van der Waals surface area contributed by atoms with Crippen LogP contribution in [0.4, 0.5) is 0 Å². The number of rotatable bonds is 2. The van der Waals surface area contributed by atoms with Gasteiger partial charge in [0.2, 0.25) is 0 Å². The van der Waals surface area contributed by atoms with E-state index in [-0.39, 0.29) is 11.7 Å². The molecular weight excluding hydrogens is 244 g/mol. The van der Waals surface area contributed by atoms with Crippen LogP contribution in [0.2, 0.25) is 0 Å². The van der Waals surface area contributed by atoms with Crippen LogP contribution in [0.25, 0.3) is 0 Å². The van der Waals surface area contributed by atoms with Crippen LogP contribution < -0.4 is 0 Å². The summed E-state index contributed by atoms with van der Waals surface area (Å²) in [5, 5.41) is 9.89. The minimum atomic E-state index is -0.474. The first-order valence-electron chi connectivity index (χ1n) is 6.70. The molecule has 0 aromatic carbocycles. The number of esters is 1. The van der Waals surface area contributed by atoms with Crippen molar-refractivity contribution in [2.75, 3.05) is 13.2 Å². The quantitative estimate of drug-likeness (QED) is 0.816. The molecule has 2 aliphatic heterocycles. The lowest BCUT2D eigenvalue weighted by Crippen LogP contribution is -2.47. The molecule has 3 heterocycles. The molecule has 0 radical (unpaired) electrons. The summed E-state index contributed by atoms with van der Waals surface area (Å²) in [7, 11) is 0. The van der Waals surface area contributed by atoms with Crippen molar-refractivity contribution >= 4 is 5.97 Å². The zero-order valence-corrected chi connectivity index (χ0v) is 11.1. The van der Waals surface area contributed by atoms with Crippen LogP contribution in [0, 0.1) is 6.92 Å². The molecule has 0 aliphatic carbocycles. The molecule has 1 aromatic heterocycles. The molecule has 1 atom stereocenters. The molecular formula is C14H18N2O3. The van der Waals surface area contributed by atoms with E-state index >= 15 is 0 Å². The Morgan fingerprint density at radius 1 is 1.47 bits per heavy atom. The Balaban J connectivity index is 1.86. The molecule has 0 bridgehead atoms. The number of aryl methyl sites for hydroxylation is 1. The van der Waals surface area contributed by atoms with Gasteiger partial charge in [-0.1, -0.05) is 0 Å². The number of pyridine rings is 1. The summed E-state index contributed by atoms with van der Waals surface area (Å²) in [6.45, 7) is 3.75. The highest BCUT2D eigenvalue weighted by atomic mass is 16.5. The molecule has 1 N–H and O–H groups in total. The third kappa shape index (κ3) is 1.98. The molecule has 0 saturated carbocycles. The molecule has 1 unspecified atom stereocenters. The first-order valence-corrected chi connectivity index (χ1v) is 6.70. The number of carbonyl (C=O) groups excluding carboxylic acids is 1. The molecule has 19 heavy (non-hydrogen) atoms. The van der Waals surface area contributed by atoms with E-state index in [2.05, 4.69) is 9.88 Å². The summed E-state index contributed by atoms with van der Waals surface area (Å²) in [6, 6.07) is 3.44. The van der Waals surface area contributed by atoms with Gasteiger partial charge in [-0.2, -0.15) is 0 Å².